The maximum atomic E-state index is 11.7. The van der Waals surface area contributed by atoms with Gasteiger partial charge in [0.1, 0.15) is 5.75 Å². The molecule has 0 unspecified atom stereocenters. The van der Waals surface area contributed by atoms with E-state index in [1.54, 1.807) is 18.2 Å². The Kier molecular flexibility index (Phi) is 5.82. The van der Waals surface area contributed by atoms with Gasteiger partial charge < -0.3 is 15.3 Å². The van der Waals surface area contributed by atoms with Crippen LogP contribution >= 0.6 is 11.6 Å². The Balaban J connectivity index is 1.93. The normalized spacial score (nSPS) is 11.2. The summed E-state index contributed by atoms with van der Waals surface area (Å²) in [6.07, 6.45) is 0. The van der Waals surface area contributed by atoms with Crippen LogP contribution in [0.3, 0.4) is 0 Å². The molecule has 0 radical (unpaired) electrons. The van der Waals surface area contributed by atoms with Crippen molar-refractivity contribution in [2.24, 2.45) is 10.9 Å². The van der Waals surface area contributed by atoms with E-state index in [0.717, 1.165) is 16.7 Å². The molecule has 2 N–H and O–H groups in total. The van der Waals surface area contributed by atoms with E-state index in [-0.39, 0.29) is 12.4 Å². The summed E-state index contributed by atoms with van der Waals surface area (Å²) in [5, 5.41) is 4.32. The predicted molar refractivity (Wildman–Crippen MR) is 94.4 cm³/mol. The number of carbonyl (C=O) groups excluding carboxylic acids is 1. The first-order valence-corrected chi connectivity index (χ1v) is 7.74. The van der Waals surface area contributed by atoms with Crippen molar-refractivity contribution in [3.05, 3.63) is 63.7 Å². The minimum atomic E-state index is -0.643. The molecule has 0 aliphatic carbocycles. The second kappa shape index (κ2) is 7.84. The van der Waals surface area contributed by atoms with E-state index in [4.69, 9.17) is 26.9 Å². The fourth-order valence-electron chi connectivity index (χ4n) is 2.12. The molecule has 0 saturated carbocycles. The SMILES string of the molecule is Cc1cccc(C(N)=NOC(=O)COc2cc(C)c(Cl)c(C)c2)c1. The first-order chi connectivity index (χ1) is 11.4. The number of benzene rings is 2. The van der Waals surface area contributed by atoms with Crippen LogP contribution in [0.4, 0.5) is 0 Å². The number of oxime groups is 1. The highest BCUT2D eigenvalue weighted by molar-refractivity contribution is 6.32. The molecule has 0 aromatic heterocycles. The zero-order valence-electron chi connectivity index (χ0n) is 13.8. The smallest absolute Gasteiger partial charge is 0.372 e. The van der Waals surface area contributed by atoms with Crippen LogP contribution in [-0.4, -0.2) is 18.4 Å². The molecule has 126 valence electrons. The maximum absolute atomic E-state index is 11.7. The van der Waals surface area contributed by atoms with Gasteiger partial charge in [-0.25, -0.2) is 4.79 Å². The number of rotatable bonds is 5. The highest BCUT2D eigenvalue weighted by atomic mass is 35.5. The molecule has 0 fully saturated rings. The van der Waals surface area contributed by atoms with E-state index in [2.05, 4.69) is 5.16 Å². The van der Waals surface area contributed by atoms with Gasteiger partial charge in [-0.1, -0.05) is 40.5 Å². The van der Waals surface area contributed by atoms with Crippen LogP contribution < -0.4 is 10.5 Å². The van der Waals surface area contributed by atoms with Gasteiger partial charge in [0, 0.05) is 10.6 Å². The van der Waals surface area contributed by atoms with E-state index in [9.17, 15) is 4.79 Å². The van der Waals surface area contributed by atoms with E-state index in [0.29, 0.717) is 16.3 Å². The molecular weight excluding hydrogens is 328 g/mol. The molecule has 0 heterocycles. The number of halogens is 1. The lowest BCUT2D eigenvalue weighted by molar-refractivity contribution is -0.146. The third-order valence-corrected chi connectivity index (χ3v) is 3.92. The van der Waals surface area contributed by atoms with Crippen LogP contribution in [0.2, 0.25) is 5.02 Å². The summed E-state index contributed by atoms with van der Waals surface area (Å²) in [6.45, 7) is 5.40. The largest absolute Gasteiger partial charge is 0.482 e. The lowest BCUT2D eigenvalue weighted by atomic mass is 10.1. The van der Waals surface area contributed by atoms with Crippen molar-refractivity contribution >= 4 is 23.4 Å². The molecule has 0 aliphatic rings. The van der Waals surface area contributed by atoms with E-state index < -0.39 is 5.97 Å². The summed E-state index contributed by atoms with van der Waals surface area (Å²) >= 11 is 6.09. The summed E-state index contributed by atoms with van der Waals surface area (Å²) < 4.78 is 5.40. The summed E-state index contributed by atoms with van der Waals surface area (Å²) in [5.41, 5.74) is 9.27. The minimum absolute atomic E-state index is 0.130. The van der Waals surface area contributed by atoms with Gasteiger partial charge in [0.05, 0.1) is 0 Å². The minimum Gasteiger partial charge on any atom is -0.482 e. The van der Waals surface area contributed by atoms with Gasteiger partial charge in [-0.3, -0.25) is 0 Å². The van der Waals surface area contributed by atoms with Gasteiger partial charge >= 0.3 is 5.97 Å². The lowest BCUT2D eigenvalue weighted by Crippen LogP contribution is -2.18. The highest BCUT2D eigenvalue weighted by Gasteiger charge is 2.08. The van der Waals surface area contributed by atoms with Crippen LogP contribution in [0.1, 0.15) is 22.3 Å². The molecule has 24 heavy (non-hydrogen) atoms. The molecule has 0 bridgehead atoms. The van der Waals surface area contributed by atoms with Crippen LogP contribution in [0.25, 0.3) is 0 Å². The van der Waals surface area contributed by atoms with Gasteiger partial charge in [0.15, 0.2) is 12.4 Å². The van der Waals surface area contributed by atoms with Crippen LogP contribution in [0.5, 0.6) is 5.75 Å². The van der Waals surface area contributed by atoms with Crippen molar-refractivity contribution in [3.8, 4) is 5.75 Å². The Morgan fingerprint density at radius 1 is 1.17 bits per heavy atom. The average Bonchev–Trinajstić information content (AvgIpc) is 2.55. The zero-order valence-corrected chi connectivity index (χ0v) is 14.6. The Morgan fingerprint density at radius 2 is 1.83 bits per heavy atom. The number of hydrogen-bond donors (Lipinski definition) is 1. The Morgan fingerprint density at radius 3 is 2.46 bits per heavy atom. The second-order valence-electron chi connectivity index (χ2n) is 5.47. The Bertz CT molecular complexity index is 765. The average molecular weight is 347 g/mol. The van der Waals surface area contributed by atoms with Gasteiger partial charge in [-0.2, -0.15) is 0 Å². The fraction of sp³-hybridized carbons (Fsp3) is 0.222. The second-order valence-corrected chi connectivity index (χ2v) is 5.85. The quantitative estimate of drug-likeness (QED) is 0.389. The molecule has 2 aromatic carbocycles. The standard InChI is InChI=1S/C18H19ClN2O3/c1-11-5-4-6-14(7-11)18(20)21-24-16(22)10-23-15-8-12(2)17(19)13(3)9-15/h4-9H,10H2,1-3H3,(H2,20,21). The monoisotopic (exact) mass is 346 g/mol. The number of ether oxygens (including phenoxy) is 1. The van der Waals surface area contributed by atoms with Crippen LogP contribution in [-0.2, 0) is 9.63 Å². The Hall–Kier alpha value is -2.53. The number of nitrogens with zero attached hydrogens (tertiary/aromatic N) is 1. The molecule has 0 amide bonds. The molecule has 0 aliphatic heterocycles. The third-order valence-electron chi connectivity index (χ3n) is 3.33. The molecule has 6 heteroatoms. The topological polar surface area (TPSA) is 73.9 Å². The summed E-state index contributed by atoms with van der Waals surface area (Å²) in [6, 6.07) is 10.9. The van der Waals surface area contributed by atoms with Crippen molar-refractivity contribution in [1.82, 2.24) is 0 Å². The van der Waals surface area contributed by atoms with E-state index in [1.165, 1.54) is 0 Å². The van der Waals surface area contributed by atoms with Crippen LogP contribution in [0.15, 0.2) is 41.6 Å². The number of carbonyl (C=O) groups is 1. The van der Waals surface area contributed by atoms with Gasteiger partial charge in [-0.05, 0) is 50.1 Å². The fourth-order valence-corrected chi connectivity index (χ4v) is 2.22. The summed E-state index contributed by atoms with van der Waals surface area (Å²) in [7, 11) is 0. The summed E-state index contributed by atoms with van der Waals surface area (Å²) in [5.74, 6) is 0.0306. The van der Waals surface area contributed by atoms with E-state index in [1.807, 2.05) is 39.0 Å². The Labute approximate surface area is 146 Å². The maximum Gasteiger partial charge on any atom is 0.372 e. The number of hydrogen-bond acceptors (Lipinski definition) is 4. The highest BCUT2D eigenvalue weighted by Crippen LogP contribution is 2.25. The molecule has 0 spiro atoms. The predicted octanol–water partition coefficient (Wildman–Crippen LogP) is 3.51. The molecule has 2 aromatic rings. The first kappa shape index (κ1) is 17.8. The van der Waals surface area contributed by atoms with Gasteiger partial charge in [0.2, 0.25) is 0 Å². The van der Waals surface area contributed by atoms with Gasteiger partial charge in [-0.15, -0.1) is 0 Å². The molecule has 2 rings (SSSR count). The van der Waals surface area contributed by atoms with Crippen molar-refractivity contribution in [2.75, 3.05) is 6.61 Å². The van der Waals surface area contributed by atoms with Crippen molar-refractivity contribution in [1.29, 1.82) is 0 Å². The molecular formula is C18H19ClN2O3. The first-order valence-electron chi connectivity index (χ1n) is 7.36. The number of aryl methyl sites for hydroxylation is 3. The summed E-state index contributed by atoms with van der Waals surface area (Å²) in [4.78, 5) is 16.5. The molecule has 0 atom stereocenters. The van der Waals surface area contributed by atoms with Gasteiger partial charge in [0.25, 0.3) is 0 Å². The van der Waals surface area contributed by atoms with Crippen molar-refractivity contribution < 1.29 is 14.4 Å². The third kappa shape index (κ3) is 4.73. The molecule has 0 saturated heterocycles. The van der Waals surface area contributed by atoms with Crippen molar-refractivity contribution in [2.45, 2.75) is 20.8 Å². The van der Waals surface area contributed by atoms with Crippen LogP contribution in [0, 0.1) is 20.8 Å². The number of nitrogens with two attached hydrogens (primary N) is 1. The lowest BCUT2D eigenvalue weighted by Gasteiger charge is -2.08. The zero-order chi connectivity index (χ0) is 17.7. The van der Waals surface area contributed by atoms with Crippen molar-refractivity contribution in [3.63, 3.8) is 0 Å². The molecule has 5 nitrogen and oxygen atoms in total. The van der Waals surface area contributed by atoms with E-state index >= 15 is 0 Å². The number of amidine groups is 1.